The van der Waals surface area contributed by atoms with E-state index < -0.39 is 36.7 Å². The van der Waals surface area contributed by atoms with Crippen molar-refractivity contribution in [3.63, 3.8) is 0 Å². The number of amides is 3. The molecule has 0 unspecified atom stereocenters. The van der Waals surface area contributed by atoms with Gasteiger partial charge in [0.2, 0.25) is 5.91 Å². The van der Waals surface area contributed by atoms with Crippen molar-refractivity contribution in [3.8, 4) is 0 Å². The number of nitrogens with one attached hydrogen (secondary N) is 2. The molecule has 3 amide bonds. The maximum atomic E-state index is 13.6. The van der Waals surface area contributed by atoms with Crippen molar-refractivity contribution < 1.29 is 27.2 Å². The molecule has 2 aromatic rings. The fraction of sp³-hybridized carbons (Fsp3) is 0.389. The van der Waals surface area contributed by atoms with Crippen LogP contribution in [0.25, 0.3) is 0 Å². The number of nitrogens with zero attached hydrogens (tertiary/aromatic N) is 3. The van der Waals surface area contributed by atoms with Gasteiger partial charge in [-0.1, -0.05) is 17.7 Å². The van der Waals surface area contributed by atoms with Crippen LogP contribution in [0.4, 0.5) is 22.4 Å². The number of urea groups is 1. The Morgan fingerprint density at radius 2 is 2.13 bits per heavy atom. The summed E-state index contributed by atoms with van der Waals surface area (Å²) in [4.78, 5) is 26.0. The average Bonchev–Trinajstić information content (AvgIpc) is 3.10. The molecule has 1 aromatic heterocycles. The molecule has 7 nitrogen and oxygen atoms in total. The first-order chi connectivity index (χ1) is 14.0. The number of rotatable bonds is 4. The van der Waals surface area contributed by atoms with E-state index in [1.165, 1.54) is 23.2 Å². The Bertz CT molecular complexity index is 949. The average molecular weight is 448 g/mol. The number of halogens is 5. The number of aromatic nitrogens is 2. The molecule has 2 N–H and O–H groups in total. The molecule has 0 spiro atoms. The summed E-state index contributed by atoms with van der Waals surface area (Å²) in [6.07, 6.45) is -2.15. The number of benzene rings is 1. The van der Waals surface area contributed by atoms with E-state index in [1.807, 2.05) is 0 Å². The largest absolute Gasteiger partial charge is 0.408 e. The van der Waals surface area contributed by atoms with Crippen LogP contribution in [-0.2, 0) is 11.3 Å². The lowest BCUT2D eigenvalue weighted by Crippen LogP contribution is -2.58. The summed E-state index contributed by atoms with van der Waals surface area (Å²) in [7, 11) is 0. The van der Waals surface area contributed by atoms with Crippen LogP contribution in [0.2, 0.25) is 5.02 Å². The van der Waals surface area contributed by atoms with Gasteiger partial charge in [-0.3, -0.25) is 9.48 Å². The van der Waals surface area contributed by atoms with Gasteiger partial charge >= 0.3 is 12.2 Å². The lowest BCUT2D eigenvalue weighted by Gasteiger charge is -2.34. The second-order valence-corrected chi connectivity index (χ2v) is 7.21. The number of piperazine rings is 1. The van der Waals surface area contributed by atoms with Crippen molar-refractivity contribution in [2.45, 2.75) is 31.7 Å². The first kappa shape index (κ1) is 21.9. The van der Waals surface area contributed by atoms with Crippen LogP contribution in [-0.4, -0.2) is 51.9 Å². The molecule has 0 radical (unpaired) electrons. The Morgan fingerprint density at radius 3 is 2.80 bits per heavy atom. The van der Waals surface area contributed by atoms with E-state index in [4.69, 9.17) is 11.6 Å². The van der Waals surface area contributed by atoms with Gasteiger partial charge in [-0.15, -0.1) is 0 Å². The molecule has 1 fully saturated rings. The molecule has 30 heavy (non-hydrogen) atoms. The highest BCUT2D eigenvalue weighted by Crippen LogP contribution is 2.27. The minimum Gasteiger partial charge on any atom is -0.353 e. The van der Waals surface area contributed by atoms with Crippen molar-refractivity contribution in [2.75, 3.05) is 13.1 Å². The summed E-state index contributed by atoms with van der Waals surface area (Å²) in [5.74, 6) is -1.00. The number of carbonyl (C=O) groups excluding carboxylic acids is 2. The molecule has 1 aromatic carbocycles. The first-order valence-corrected chi connectivity index (χ1v) is 9.32. The smallest absolute Gasteiger partial charge is 0.353 e. The van der Waals surface area contributed by atoms with Gasteiger partial charge in [0, 0.05) is 24.8 Å². The van der Waals surface area contributed by atoms with Crippen molar-refractivity contribution in [1.82, 2.24) is 25.3 Å². The van der Waals surface area contributed by atoms with Crippen molar-refractivity contribution in [1.29, 1.82) is 0 Å². The third kappa shape index (κ3) is 5.02. The normalized spacial score (nSPS) is 18.1. The summed E-state index contributed by atoms with van der Waals surface area (Å²) in [5, 5.41) is 8.80. The van der Waals surface area contributed by atoms with Gasteiger partial charge in [-0.2, -0.15) is 18.3 Å². The molecule has 1 saturated heterocycles. The number of carbonyl (C=O) groups is 2. The Morgan fingerprint density at radius 1 is 1.40 bits per heavy atom. The van der Waals surface area contributed by atoms with Gasteiger partial charge in [0.05, 0.1) is 17.3 Å². The quantitative estimate of drug-likeness (QED) is 0.707. The Hall–Kier alpha value is -2.82. The number of alkyl halides is 3. The van der Waals surface area contributed by atoms with E-state index in [0.717, 1.165) is 12.3 Å². The van der Waals surface area contributed by atoms with Gasteiger partial charge in [0.15, 0.2) is 0 Å². The Balaban J connectivity index is 1.91. The topological polar surface area (TPSA) is 79.3 Å². The standard InChI is InChI=1S/C18H18ClF4N5O2/c1-10-16(29)24-4-5-28(10)17(30)26-15(11-2-3-14(20)13(19)6-11)12-7-25-27(8-12)9-18(21,22)23/h2-3,6-8,10,15H,4-5,9H2,1H3,(H,24,29)(H,26,30)/t10-,15+/m1/s1. The first-order valence-electron chi connectivity index (χ1n) is 8.94. The lowest BCUT2D eigenvalue weighted by atomic mass is 10.0. The second-order valence-electron chi connectivity index (χ2n) is 6.80. The minimum absolute atomic E-state index is 0.208. The van der Waals surface area contributed by atoms with Crippen molar-refractivity contribution >= 4 is 23.5 Å². The van der Waals surface area contributed by atoms with Crippen LogP contribution in [0.1, 0.15) is 24.1 Å². The second kappa shape index (κ2) is 8.50. The summed E-state index contributed by atoms with van der Waals surface area (Å²) in [5.41, 5.74) is 0.583. The molecule has 0 bridgehead atoms. The van der Waals surface area contributed by atoms with Crippen LogP contribution in [0.15, 0.2) is 30.6 Å². The third-order valence-corrected chi connectivity index (χ3v) is 4.92. The van der Waals surface area contributed by atoms with E-state index >= 15 is 0 Å². The highest BCUT2D eigenvalue weighted by molar-refractivity contribution is 6.30. The predicted octanol–water partition coefficient (Wildman–Crippen LogP) is 2.86. The lowest BCUT2D eigenvalue weighted by molar-refractivity contribution is -0.142. The predicted molar refractivity (Wildman–Crippen MR) is 99.2 cm³/mol. The molecule has 1 aliphatic rings. The molecule has 3 rings (SSSR count). The summed E-state index contributed by atoms with van der Waals surface area (Å²) >= 11 is 5.84. The number of hydrogen-bond donors (Lipinski definition) is 2. The molecule has 0 aliphatic carbocycles. The van der Waals surface area contributed by atoms with Crippen molar-refractivity contribution in [2.24, 2.45) is 0 Å². The molecule has 2 atom stereocenters. The maximum absolute atomic E-state index is 13.6. The van der Waals surface area contributed by atoms with Gasteiger partial charge in [-0.25, -0.2) is 9.18 Å². The third-order valence-electron chi connectivity index (χ3n) is 4.63. The molecule has 162 valence electrons. The fourth-order valence-electron chi connectivity index (χ4n) is 3.12. The molecular weight excluding hydrogens is 430 g/mol. The summed E-state index contributed by atoms with van der Waals surface area (Å²) in [6, 6.07) is 1.42. The van der Waals surface area contributed by atoms with E-state index in [9.17, 15) is 27.2 Å². The van der Waals surface area contributed by atoms with E-state index in [2.05, 4.69) is 15.7 Å². The minimum atomic E-state index is -4.47. The zero-order chi connectivity index (χ0) is 22.1. The highest BCUT2D eigenvalue weighted by Gasteiger charge is 2.32. The Kier molecular flexibility index (Phi) is 6.20. The van der Waals surface area contributed by atoms with Crippen LogP contribution in [0, 0.1) is 5.82 Å². The van der Waals surface area contributed by atoms with Gasteiger partial charge in [0.25, 0.3) is 0 Å². The van der Waals surface area contributed by atoms with Crippen molar-refractivity contribution in [3.05, 3.63) is 52.6 Å². The van der Waals surface area contributed by atoms with Crippen LogP contribution in [0.3, 0.4) is 0 Å². The maximum Gasteiger partial charge on any atom is 0.408 e. The molecule has 0 saturated carbocycles. The SMILES string of the molecule is C[C@@H]1C(=O)NCCN1C(=O)N[C@@H](c1ccc(F)c(Cl)c1)c1cnn(CC(F)(F)F)c1. The van der Waals surface area contributed by atoms with Gasteiger partial charge in [-0.05, 0) is 24.6 Å². The van der Waals surface area contributed by atoms with E-state index in [-0.39, 0.29) is 29.6 Å². The van der Waals surface area contributed by atoms with Gasteiger partial charge < -0.3 is 15.5 Å². The molecule has 12 heteroatoms. The van der Waals surface area contributed by atoms with Crippen LogP contribution >= 0.6 is 11.6 Å². The van der Waals surface area contributed by atoms with Crippen LogP contribution < -0.4 is 10.6 Å². The fourth-order valence-corrected chi connectivity index (χ4v) is 3.31. The highest BCUT2D eigenvalue weighted by atomic mass is 35.5. The monoisotopic (exact) mass is 447 g/mol. The number of hydrogen-bond acceptors (Lipinski definition) is 3. The summed E-state index contributed by atoms with van der Waals surface area (Å²) < 4.78 is 52.3. The zero-order valence-electron chi connectivity index (χ0n) is 15.7. The van der Waals surface area contributed by atoms with E-state index in [0.29, 0.717) is 10.2 Å². The molecule has 1 aliphatic heterocycles. The van der Waals surface area contributed by atoms with Gasteiger partial charge in [0.1, 0.15) is 18.4 Å². The Labute approximate surface area is 174 Å². The molecule has 2 heterocycles. The zero-order valence-corrected chi connectivity index (χ0v) is 16.5. The van der Waals surface area contributed by atoms with E-state index in [1.54, 1.807) is 6.92 Å². The molecular formula is C18H18ClF4N5O2. The van der Waals surface area contributed by atoms with Crippen LogP contribution in [0.5, 0.6) is 0 Å². The summed E-state index contributed by atoms with van der Waals surface area (Å²) in [6.45, 7) is 0.774.